The molecule has 0 spiro atoms. The number of benzene rings is 4. The van der Waals surface area contributed by atoms with Crippen molar-refractivity contribution in [3.8, 4) is 11.5 Å². The monoisotopic (exact) mass is 1930 g/mol. The SMILES string of the molecule is CSCC[C@H](NC(=O)[C@H](CC(=O)O)NC(=O)[C@H](Cc1ccc(O)cc1)NC(=O)[C@H](CCC(=O)O)NC(=O)[C@H](CC(C)C)NC(=O)[C@@H](NC(=O)[C@H](Cc1c[nH]c2ccccc12)NC(=O)[C@@H](N)CS)C(C)C)C(=O)N[C@@H](Cc1ccccc1)C(=O)NCC(=O)N[C@@H](Cc1ccc(O)cc1)C(=O)N[C@@H](CC(C)C)C(=O)N[C@@H](Cc1cnc[nH]1)C(=O)N[C@@H](CS)C(=O)N[C@@H](CCCNC(=N)N)C(=O)O. The largest absolute Gasteiger partial charge is 0.508 e. The van der Waals surface area contributed by atoms with Gasteiger partial charge in [-0.1, -0.05) is 114 Å². The summed E-state index contributed by atoms with van der Waals surface area (Å²) in [4.78, 5) is 249. The Morgan fingerprint density at radius 2 is 0.881 bits per heavy atom. The Hall–Kier alpha value is -13.5. The number of amides is 14. The lowest BCUT2D eigenvalue weighted by atomic mass is 9.98. The lowest BCUT2D eigenvalue weighted by Gasteiger charge is -2.29. The lowest BCUT2D eigenvalue weighted by Crippen LogP contribution is -2.61. The van der Waals surface area contributed by atoms with Crippen molar-refractivity contribution in [2.45, 2.75) is 210 Å². The molecule has 0 aliphatic carbocycles. The molecule has 6 aromatic rings. The summed E-state index contributed by atoms with van der Waals surface area (Å²) in [6, 6.07) is 4.48. The molecule has 0 saturated carbocycles. The number of thiol groups is 2. The fraction of sp³-hybridized carbons (Fsp3) is 0.472. The minimum absolute atomic E-state index is 0.0624. The van der Waals surface area contributed by atoms with E-state index in [4.69, 9.17) is 16.9 Å². The molecule has 4 aromatic carbocycles. The van der Waals surface area contributed by atoms with E-state index in [1.807, 2.05) is 12.1 Å². The summed E-state index contributed by atoms with van der Waals surface area (Å²) in [6.07, 6.45) is 1.73. The van der Waals surface area contributed by atoms with Gasteiger partial charge in [-0.15, -0.1) is 0 Å². The predicted molar refractivity (Wildman–Crippen MR) is 505 cm³/mol. The van der Waals surface area contributed by atoms with Crippen molar-refractivity contribution < 1.29 is 107 Å². The maximum atomic E-state index is 14.9. The number of fused-ring (bicyclic) bond motifs is 1. The number of thioether (sulfide) groups is 1. The second-order valence-electron chi connectivity index (χ2n) is 33.4. The van der Waals surface area contributed by atoms with Crippen molar-refractivity contribution in [1.29, 1.82) is 5.41 Å². The number of aromatic amines is 2. The van der Waals surface area contributed by atoms with Crippen LogP contribution in [0.15, 0.2) is 122 Å². The third-order valence-corrected chi connectivity index (χ3v) is 22.5. The highest BCUT2D eigenvalue weighted by Gasteiger charge is 2.40. The van der Waals surface area contributed by atoms with Crippen LogP contribution in [-0.4, -0.2) is 268 Å². The maximum Gasteiger partial charge on any atom is 0.326 e. The lowest BCUT2D eigenvalue weighted by molar-refractivity contribution is -0.142. The van der Waals surface area contributed by atoms with Crippen molar-refractivity contribution in [2.75, 3.05) is 36.6 Å². The number of nitrogens with one attached hydrogen (secondary N) is 18. The number of aromatic nitrogens is 3. The highest BCUT2D eigenvalue weighted by atomic mass is 32.2. The minimum Gasteiger partial charge on any atom is -0.508 e. The van der Waals surface area contributed by atoms with Gasteiger partial charge in [-0.05, 0) is 121 Å². The van der Waals surface area contributed by atoms with E-state index in [0.717, 1.165) is 10.9 Å². The molecule has 0 saturated heterocycles. The molecule has 734 valence electrons. The molecule has 46 heteroatoms. The standard InChI is InChI=1S/C89H123N21O22S3/c1-46(2)32-62(80(123)106-68(38-53-41-93-45-97-53)83(126)109-70(44-134)86(129)101-61(88(131)132)18-13-30-94-89(91)92)103-81(124)65(35-50-19-23-54(111)24-20-50)98-71(113)42-96-76(119)64(34-49-14-9-8-10-15-49)104-78(121)60(29-31-135-7)100-84(127)69(39-73(116)117)107-82(125)66(36-51-21-25-55(112)26-22-51)105-77(120)59(27-28-72(114)115)99-79(122)63(33-47(3)4)108-87(130)74(48(5)6)110-85(128)67(102-75(118)57(90)43-133)37-52-40-95-58-17-12-11-16-56(52)58/h8-12,14-17,19-26,40-41,45-48,57,59-70,74,95,111-112,133-134H,13,18,27-39,42-44,90H2,1-7H3,(H,93,97)(H,96,119)(H,98,113)(H,99,122)(H,100,127)(H,101,129)(H,102,118)(H,103,124)(H,104,121)(H,105,120)(H,106,123)(H,107,125)(H,108,130)(H,109,126)(H,110,128)(H,114,115)(H,116,117)(H,131,132)(H4,91,92,94)/t57-,59-,60-,61-,62-,63-,64-,65-,66-,67-,68-,69-,70-,74-/m0/s1. The number of guanidine groups is 1. The number of H-pyrrole nitrogens is 2. The van der Waals surface area contributed by atoms with Crippen molar-refractivity contribution in [1.82, 2.24) is 94.7 Å². The number of phenolic OH excluding ortho intramolecular Hbond substituents is 2. The van der Waals surface area contributed by atoms with Crippen molar-refractivity contribution in [3.63, 3.8) is 0 Å². The van der Waals surface area contributed by atoms with Crippen LogP contribution in [0, 0.1) is 23.2 Å². The third-order valence-electron chi connectivity index (χ3n) is 21.1. The van der Waals surface area contributed by atoms with E-state index in [1.54, 1.807) is 96.5 Å². The molecule has 27 N–H and O–H groups in total. The number of carboxylic acids is 3. The molecule has 2 aromatic heterocycles. The first-order chi connectivity index (χ1) is 64.0. The minimum atomic E-state index is -2.07. The van der Waals surface area contributed by atoms with E-state index >= 15 is 0 Å². The number of imidazole rings is 1. The number of nitrogens with zero attached hydrogens (tertiary/aromatic N) is 1. The number of aromatic hydroxyl groups is 2. The molecule has 2 heterocycles. The summed E-state index contributed by atoms with van der Waals surface area (Å²) in [6.45, 7) is 9.33. The van der Waals surface area contributed by atoms with Crippen molar-refractivity contribution in [3.05, 3.63) is 150 Å². The van der Waals surface area contributed by atoms with E-state index in [1.165, 1.54) is 72.8 Å². The average molecular weight is 1940 g/mol. The number of rotatable bonds is 58. The molecule has 43 nitrogen and oxygen atoms in total. The van der Waals surface area contributed by atoms with Crippen LogP contribution >= 0.6 is 37.0 Å². The van der Waals surface area contributed by atoms with E-state index in [9.17, 15) is 107 Å². The molecule has 14 atom stereocenters. The number of para-hydroxylation sites is 1. The maximum absolute atomic E-state index is 14.9. The Morgan fingerprint density at radius 1 is 0.444 bits per heavy atom. The number of phenols is 2. The summed E-state index contributed by atoms with van der Waals surface area (Å²) >= 11 is 9.57. The zero-order chi connectivity index (χ0) is 99.7. The predicted octanol–water partition coefficient (Wildman–Crippen LogP) is -1.39. The van der Waals surface area contributed by atoms with Crippen LogP contribution in [-0.2, 0) is 114 Å². The number of carbonyl (C=O) groups excluding carboxylic acids is 14. The molecule has 135 heavy (non-hydrogen) atoms. The van der Waals surface area contributed by atoms with Crippen LogP contribution in [0.2, 0.25) is 0 Å². The van der Waals surface area contributed by atoms with Gasteiger partial charge in [-0.2, -0.15) is 37.0 Å². The molecule has 0 aliphatic rings. The number of nitrogens with two attached hydrogens (primary N) is 2. The number of aliphatic carboxylic acids is 3. The summed E-state index contributed by atoms with van der Waals surface area (Å²) in [5, 5.41) is 96.9. The summed E-state index contributed by atoms with van der Waals surface area (Å²) in [5.74, 6) is -20.8. The first-order valence-electron chi connectivity index (χ1n) is 43.6. The highest BCUT2D eigenvalue weighted by Crippen LogP contribution is 2.22. The van der Waals surface area contributed by atoms with Gasteiger partial charge in [0, 0.05) is 85.6 Å². The number of carboxylic acid groups (broad SMARTS) is 3. The molecule has 6 rings (SSSR count). The van der Waals surface area contributed by atoms with Crippen LogP contribution in [0.3, 0.4) is 0 Å². The topological polar surface area (TPSA) is 692 Å². The molecule has 0 fully saturated rings. The van der Waals surface area contributed by atoms with Gasteiger partial charge in [0.2, 0.25) is 82.7 Å². The Bertz CT molecular complexity index is 5030. The molecule has 0 unspecified atom stereocenters. The van der Waals surface area contributed by atoms with Gasteiger partial charge in [0.05, 0.1) is 25.3 Å². The summed E-state index contributed by atoms with van der Waals surface area (Å²) in [5.41, 5.74) is 14.1. The van der Waals surface area contributed by atoms with Gasteiger partial charge in [-0.3, -0.25) is 82.1 Å². The van der Waals surface area contributed by atoms with Gasteiger partial charge >= 0.3 is 17.9 Å². The average Bonchev–Trinajstić information content (AvgIpc) is 1.69. The van der Waals surface area contributed by atoms with Crippen LogP contribution in [0.5, 0.6) is 11.5 Å². The molecular weight excluding hydrogens is 1810 g/mol. The first-order valence-corrected chi connectivity index (χ1v) is 46.3. The molecule has 0 aliphatic heterocycles. The Kier molecular flexibility index (Phi) is 45.6. The van der Waals surface area contributed by atoms with E-state index in [0.29, 0.717) is 22.4 Å². The third kappa shape index (κ3) is 38.2. The van der Waals surface area contributed by atoms with Gasteiger partial charge in [0.15, 0.2) is 5.96 Å². The van der Waals surface area contributed by atoms with E-state index in [2.05, 4.69) is 120 Å². The second-order valence-corrected chi connectivity index (χ2v) is 35.1. The second kappa shape index (κ2) is 55.9. The Morgan fingerprint density at radius 3 is 1.39 bits per heavy atom. The van der Waals surface area contributed by atoms with Crippen molar-refractivity contribution >= 4 is 154 Å². The van der Waals surface area contributed by atoms with Crippen LogP contribution in [0.4, 0.5) is 0 Å². The number of carbonyl (C=O) groups is 17. The molecular formula is C89H123N21O22S3. The highest BCUT2D eigenvalue weighted by molar-refractivity contribution is 7.98. The number of hydrogen-bond acceptors (Lipinski definition) is 25. The van der Waals surface area contributed by atoms with Gasteiger partial charge in [0.1, 0.15) is 90.0 Å². The summed E-state index contributed by atoms with van der Waals surface area (Å²) in [7, 11) is 0. The van der Waals surface area contributed by atoms with Gasteiger partial charge in [-0.25, -0.2) is 9.78 Å². The van der Waals surface area contributed by atoms with Crippen LogP contribution < -0.4 is 91.2 Å². The normalized spacial score (nSPS) is 14.3. The fourth-order valence-corrected chi connectivity index (χ4v) is 14.9. The van der Waals surface area contributed by atoms with Crippen LogP contribution in [0.1, 0.15) is 121 Å². The molecule has 14 amide bonds. The fourth-order valence-electron chi connectivity index (χ4n) is 14.0. The zero-order valence-corrected chi connectivity index (χ0v) is 78.3. The smallest absolute Gasteiger partial charge is 0.326 e. The Labute approximate surface area is 794 Å². The van der Waals surface area contributed by atoms with Crippen LogP contribution in [0.25, 0.3) is 10.9 Å². The Balaban J connectivity index is 1.21. The quantitative estimate of drug-likeness (QED) is 0.00904. The summed E-state index contributed by atoms with van der Waals surface area (Å²) < 4.78 is 0. The molecule has 0 bridgehead atoms. The number of hydrogen-bond donors (Lipinski definition) is 27. The van der Waals surface area contributed by atoms with E-state index < -0.39 is 223 Å². The first kappa shape index (κ1) is 110. The van der Waals surface area contributed by atoms with Gasteiger partial charge < -0.3 is 127 Å². The zero-order valence-electron chi connectivity index (χ0n) is 75.7. The molecule has 0 radical (unpaired) electrons. The van der Waals surface area contributed by atoms with Gasteiger partial charge in [0.25, 0.3) is 0 Å². The van der Waals surface area contributed by atoms with Crippen molar-refractivity contribution in [2.24, 2.45) is 29.2 Å². The van der Waals surface area contributed by atoms with E-state index in [-0.39, 0.29) is 116 Å².